The molecular weight excluding hydrogens is 296 g/mol. The molecule has 2 rings (SSSR count). The van der Waals surface area contributed by atoms with E-state index in [2.05, 4.69) is 10.4 Å². The summed E-state index contributed by atoms with van der Waals surface area (Å²) >= 11 is 0. The summed E-state index contributed by atoms with van der Waals surface area (Å²) < 4.78 is 0. The summed E-state index contributed by atoms with van der Waals surface area (Å²) in [5.74, 6) is -0.347. The molecule has 0 spiro atoms. The number of hydrazone groups is 1. The van der Waals surface area contributed by atoms with Crippen LogP contribution in [0.3, 0.4) is 0 Å². The van der Waals surface area contributed by atoms with E-state index >= 15 is 0 Å². The zero-order valence-electron chi connectivity index (χ0n) is 13.6. The maximum absolute atomic E-state index is 12.2. The highest BCUT2D eigenvalue weighted by Crippen LogP contribution is 2.21. The SMILES string of the molecule is CCC1(C)NC(=O)N(N=Cc2ccc(N(C)CCO)cc2)C1=O. The van der Waals surface area contributed by atoms with E-state index in [1.807, 2.05) is 43.1 Å². The molecule has 1 heterocycles. The number of hydrogen-bond donors (Lipinski definition) is 2. The number of nitrogens with zero attached hydrogens (tertiary/aromatic N) is 3. The Bertz CT molecular complexity index is 614. The number of anilines is 1. The first-order valence-electron chi connectivity index (χ1n) is 7.54. The third-order valence-electron chi connectivity index (χ3n) is 4.04. The molecule has 3 amide bonds. The van der Waals surface area contributed by atoms with E-state index in [1.54, 1.807) is 6.92 Å². The topological polar surface area (TPSA) is 85.2 Å². The number of imide groups is 1. The van der Waals surface area contributed by atoms with Crippen LogP contribution >= 0.6 is 0 Å². The Hall–Kier alpha value is -2.41. The lowest BCUT2D eigenvalue weighted by Crippen LogP contribution is -2.42. The summed E-state index contributed by atoms with van der Waals surface area (Å²) in [4.78, 5) is 26.0. The van der Waals surface area contributed by atoms with Crippen molar-refractivity contribution in [3.8, 4) is 0 Å². The minimum absolute atomic E-state index is 0.0854. The first-order valence-corrected chi connectivity index (χ1v) is 7.54. The fraction of sp³-hybridized carbons (Fsp3) is 0.438. The van der Waals surface area contributed by atoms with Crippen LogP contribution in [0.1, 0.15) is 25.8 Å². The maximum atomic E-state index is 12.2. The number of carbonyl (C=O) groups is 2. The van der Waals surface area contributed by atoms with Crippen LogP contribution in [-0.2, 0) is 4.79 Å². The fourth-order valence-corrected chi connectivity index (χ4v) is 2.23. The van der Waals surface area contributed by atoms with Gasteiger partial charge in [0.15, 0.2) is 0 Å². The molecule has 0 saturated carbocycles. The molecule has 1 unspecified atom stereocenters. The molecular formula is C16H22N4O3. The Labute approximate surface area is 135 Å². The zero-order chi connectivity index (χ0) is 17.0. The molecule has 0 aromatic heterocycles. The van der Waals surface area contributed by atoms with Crippen LogP contribution in [0.2, 0.25) is 0 Å². The molecule has 0 bridgehead atoms. The summed E-state index contributed by atoms with van der Waals surface area (Å²) in [6, 6.07) is 6.95. The molecule has 1 aromatic carbocycles. The molecule has 23 heavy (non-hydrogen) atoms. The fourth-order valence-electron chi connectivity index (χ4n) is 2.23. The van der Waals surface area contributed by atoms with Gasteiger partial charge in [-0.15, -0.1) is 5.01 Å². The van der Waals surface area contributed by atoms with Crippen molar-refractivity contribution in [3.05, 3.63) is 29.8 Å². The van der Waals surface area contributed by atoms with Gasteiger partial charge in [-0.1, -0.05) is 19.1 Å². The van der Waals surface area contributed by atoms with Crippen molar-refractivity contribution in [3.63, 3.8) is 0 Å². The predicted octanol–water partition coefficient (Wildman–Crippen LogP) is 1.17. The van der Waals surface area contributed by atoms with Crippen LogP contribution in [0.15, 0.2) is 29.4 Å². The van der Waals surface area contributed by atoms with Gasteiger partial charge in [0.05, 0.1) is 12.8 Å². The van der Waals surface area contributed by atoms with Crippen LogP contribution in [0, 0.1) is 0 Å². The molecule has 1 atom stereocenters. The second kappa shape index (κ2) is 6.78. The third-order valence-corrected chi connectivity index (χ3v) is 4.04. The van der Waals surface area contributed by atoms with E-state index < -0.39 is 11.6 Å². The molecule has 1 aliphatic heterocycles. The van der Waals surface area contributed by atoms with Crippen molar-refractivity contribution in [1.82, 2.24) is 10.3 Å². The molecule has 7 nitrogen and oxygen atoms in total. The summed E-state index contributed by atoms with van der Waals surface area (Å²) in [6.45, 7) is 4.16. The first kappa shape index (κ1) is 17.0. The molecule has 1 aliphatic rings. The standard InChI is InChI=1S/C16H22N4O3/c1-4-16(2)14(22)20(15(23)18-16)17-11-12-5-7-13(8-6-12)19(3)9-10-21/h5-8,11,21H,4,9-10H2,1-3H3,(H,18,23). The normalized spacial score (nSPS) is 21.1. The number of aliphatic hydroxyl groups excluding tert-OH is 1. The lowest BCUT2D eigenvalue weighted by molar-refractivity contribution is -0.130. The third kappa shape index (κ3) is 3.50. The largest absolute Gasteiger partial charge is 0.395 e. The van der Waals surface area contributed by atoms with E-state index in [9.17, 15) is 9.59 Å². The summed E-state index contributed by atoms with van der Waals surface area (Å²) in [5.41, 5.74) is 0.854. The quantitative estimate of drug-likeness (QED) is 0.609. The minimum atomic E-state index is -0.884. The molecule has 1 saturated heterocycles. The lowest BCUT2D eigenvalue weighted by atomic mass is 10.00. The summed E-state index contributed by atoms with van der Waals surface area (Å²) in [5, 5.41) is 16.5. The number of likely N-dealkylation sites (N-methyl/N-ethyl adjacent to an activating group) is 1. The van der Waals surface area contributed by atoms with E-state index in [4.69, 9.17) is 5.11 Å². The highest BCUT2D eigenvalue weighted by molar-refractivity contribution is 6.07. The number of rotatable bonds is 6. The van der Waals surface area contributed by atoms with Gasteiger partial charge < -0.3 is 15.3 Å². The minimum Gasteiger partial charge on any atom is -0.395 e. The Morgan fingerprint density at radius 3 is 2.52 bits per heavy atom. The maximum Gasteiger partial charge on any atom is 0.346 e. The van der Waals surface area contributed by atoms with E-state index in [0.29, 0.717) is 13.0 Å². The van der Waals surface area contributed by atoms with E-state index in [0.717, 1.165) is 16.3 Å². The van der Waals surface area contributed by atoms with Crippen molar-refractivity contribution in [1.29, 1.82) is 0 Å². The van der Waals surface area contributed by atoms with E-state index in [-0.39, 0.29) is 12.5 Å². The predicted molar refractivity (Wildman–Crippen MR) is 88.5 cm³/mol. The molecule has 1 fully saturated rings. The van der Waals surface area contributed by atoms with Gasteiger partial charge >= 0.3 is 6.03 Å². The molecule has 2 N–H and O–H groups in total. The summed E-state index contributed by atoms with van der Waals surface area (Å²) in [6.07, 6.45) is 1.99. The smallest absolute Gasteiger partial charge is 0.346 e. The van der Waals surface area contributed by atoms with Gasteiger partial charge in [-0.05, 0) is 31.0 Å². The number of amides is 3. The number of carbonyl (C=O) groups excluding carboxylic acids is 2. The zero-order valence-corrected chi connectivity index (χ0v) is 13.6. The molecule has 0 radical (unpaired) electrons. The highest BCUT2D eigenvalue weighted by atomic mass is 16.3. The number of nitrogens with one attached hydrogen (secondary N) is 1. The van der Waals surface area contributed by atoms with Crippen molar-refractivity contribution in [2.75, 3.05) is 25.1 Å². The molecule has 124 valence electrons. The highest BCUT2D eigenvalue weighted by Gasteiger charge is 2.46. The van der Waals surface area contributed by atoms with Gasteiger partial charge in [-0.2, -0.15) is 5.10 Å². The van der Waals surface area contributed by atoms with Gasteiger partial charge in [-0.25, -0.2) is 4.79 Å². The molecule has 1 aromatic rings. The molecule has 0 aliphatic carbocycles. The summed E-state index contributed by atoms with van der Waals surface area (Å²) in [7, 11) is 1.89. The van der Waals surface area contributed by atoms with Gasteiger partial charge in [-0.3, -0.25) is 4.79 Å². The van der Waals surface area contributed by atoms with Crippen molar-refractivity contribution in [2.45, 2.75) is 25.8 Å². The number of aliphatic hydroxyl groups is 1. The average molecular weight is 318 g/mol. The number of urea groups is 1. The number of benzene rings is 1. The van der Waals surface area contributed by atoms with Gasteiger partial charge in [0, 0.05) is 19.3 Å². The second-order valence-electron chi connectivity index (χ2n) is 5.71. The Morgan fingerprint density at radius 1 is 1.35 bits per heavy atom. The van der Waals surface area contributed by atoms with Crippen LogP contribution in [0.4, 0.5) is 10.5 Å². The molecule has 7 heteroatoms. The van der Waals surface area contributed by atoms with Crippen molar-refractivity contribution in [2.24, 2.45) is 5.10 Å². The van der Waals surface area contributed by atoms with E-state index in [1.165, 1.54) is 6.21 Å². The van der Waals surface area contributed by atoms with Gasteiger partial charge in [0.25, 0.3) is 5.91 Å². The van der Waals surface area contributed by atoms with Crippen LogP contribution in [-0.4, -0.2) is 54.0 Å². The first-order chi connectivity index (χ1) is 10.9. The van der Waals surface area contributed by atoms with Crippen LogP contribution < -0.4 is 10.2 Å². The van der Waals surface area contributed by atoms with Crippen molar-refractivity contribution >= 4 is 23.8 Å². The Morgan fingerprint density at radius 2 is 2.00 bits per heavy atom. The Kier molecular flexibility index (Phi) is 5.00. The second-order valence-corrected chi connectivity index (χ2v) is 5.71. The van der Waals surface area contributed by atoms with Gasteiger partial charge in [0.2, 0.25) is 0 Å². The average Bonchev–Trinajstić information content (AvgIpc) is 2.76. The van der Waals surface area contributed by atoms with Crippen LogP contribution in [0.25, 0.3) is 0 Å². The monoisotopic (exact) mass is 318 g/mol. The number of hydrogen-bond acceptors (Lipinski definition) is 5. The van der Waals surface area contributed by atoms with Crippen molar-refractivity contribution < 1.29 is 14.7 Å². The Balaban J connectivity index is 2.09. The van der Waals surface area contributed by atoms with Crippen LogP contribution in [0.5, 0.6) is 0 Å². The van der Waals surface area contributed by atoms with Gasteiger partial charge in [0.1, 0.15) is 5.54 Å². The lowest BCUT2D eigenvalue weighted by Gasteiger charge is -2.18.